The molecule has 0 aromatic carbocycles. The maximum atomic E-state index is 6.16. The van der Waals surface area contributed by atoms with Gasteiger partial charge >= 0.3 is 0 Å². The van der Waals surface area contributed by atoms with Gasteiger partial charge in [-0.05, 0) is 13.1 Å². The van der Waals surface area contributed by atoms with E-state index in [1.807, 2.05) is 12.1 Å². The maximum Gasteiger partial charge on any atom is 0.128 e. The zero-order valence-electron chi connectivity index (χ0n) is 9.47. The summed E-state index contributed by atoms with van der Waals surface area (Å²) >= 11 is 0. The SMILES string of the molecule is CN1CCOC(C(N)c2cccnc2N)C1. The number of rotatable bonds is 2. The Labute approximate surface area is 95.4 Å². The van der Waals surface area contributed by atoms with Crippen LogP contribution in [0.25, 0.3) is 0 Å². The van der Waals surface area contributed by atoms with Gasteiger partial charge in [-0.2, -0.15) is 0 Å². The Bertz CT molecular complexity index is 358. The van der Waals surface area contributed by atoms with E-state index in [0.717, 1.165) is 25.3 Å². The highest BCUT2D eigenvalue weighted by Crippen LogP contribution is 2.22. The third-order valence-corrected chi connectivity index (χ3v) is 2.93. The second-order valence-corrected chi connectivity index (χ2v) is 4.18. The number of pyridine rings is 1. The second-order valence-electron chi connectivity index (χ2n) is 4.18. The van der Waals surface area contributed by atoms with Crippen molar-refractivity contribution < 1.29 is 4.74 Å². The summed E-state index contributed by atoms with van der Waals surface area (Å²) in [6.07, 6.45) is 1.66. The molecule has 0 bridgehead atoms. The molecule has 0 spiro atoms. The van der Waals surface area contributed by atoms with Gasteiger partial charge in [0.15, 0.2) is 0 Å². The lowest BCUT2D eigenvalue weighted by molar-refractivity contribution is -0.0325. The van der Waals surface area contributed by atoms with Crippen molar-refractivity contribution in [1.82, 2.24) is 9.88 Å². The van der Waals surface area contributed by atoms with Gasteiger partial charge in [-0.1, -0.05) is 6.07 Å². The molecule has 5 nitrogen and oxygen atoms in total. The van der Waals surface area contributed by atoms with Crippen molar-refractivity contribution in [2.75, 3.05) is 32.5 Å². The van der Waals surface area contributed by atoms with E-state index in [9.17, 15) is 0 Å². The summed E-state index contributed by atoms with van der Waals surface area (Å²) in [6.45, 7) is 2.50. The van der Waals surface area contributed by atoms with Crippen LogP contribution in [0.1, 0.15) is 11.6 Å². The van der Waals surface area contributed by atoms with E-state index in [-0.39, 0.29) is 12.1 Å². The van der Waals surface area contributed by atoms with Crippen LogP contribution in [-0.2, 0) is 4.74 Å². The molecule has 1 aromatic rings. The Morgan fingerprint density at radius 1 is 1.62 bits per heavy atom. The van der Waals surface area contributed by atoms with E-state index >= 15 is 0 Å². The summed E-state index contributed by atoms with van der Waals surface area (Å²) in [5.74, 6) is 0.492. The third-order valence-electron chi connectivity index (χ3n) is 2.93. The van der Waals surface area contributed by atoms with Crippen LogP contribution in [0.3, 0.4) is 0 Å². The third kappa shape index (κ3) is 2.32. The predicted octanol–water partition coefficient (Wildman–Crippen LogP) is -0.00580. The zero-order valence-corrected chi connectivity index (χ0v) is 9.47. The summed E-state index contributed by atoms with van der Waals surface area (Å²) in [5, 5.41) is 0. The van der Waals surface area contributed by atoms with Crippen molar-refractivity contribution >= 4 is 5.82 Å². The molecule has 1 aromatic heterocycles. The number of nitrogen functional groups attached to an aromatic ring is 1. The number of nitrogens with two attached hydrogens (primary N) is 2. The molecule has 0 saturated carbocycles. The Kier molecular flexibility index (Phi) is 3.38. The molecule has 88 valence electrons. The van der Waals surface area contributed by atoms with Crippen molar-refractivity contribution in [2.24, 2.45) is 5.73 Å². The van der Waals surface area contributed by atoms with Crippen LogP contribution >= 0.6 is 0 Å². The molecule has 0 radical (unpaired) electrons. The van der Waals surface area contributed by atoms with Gasteiger partial charge in [-0.15, -0.1) is 0 Å². The van der Waals surface area contributed by atoms with Crippen LogP contribution in [0.4, 0.5) is 5.82 Å². The molecule has 1 aliphatic heterocycles. The van der Waals surface area contributed by atoms with Gasteiger partial charge in [-0.25, -0.2) is 4.98 Å². The monoisotopic (exact) mass is 222 g/mol. The average Bonchev–Trinajstić information content (AvgIpc) is 2.29. The van der Waals surface area contributed by atoms with Crippen molar-refractivity contribution in [3.63, 3.8) is 0 Å². The van der Waals surface area contributed by atoms with Gasteiger partial charge in [0.05, 0.1) is 18.8 Å². The molecule has 1 saturated heterocycles. The molecule has 2 unspecified atom stereocenters. The van der Waals surface area contributed by atoms with Crippen LogP contribution in [-0.4, -0.2) is 42.7 Å². The number of nitrogens with zero attached hydrogens (tertiary/aromatic N) is 2. The number of anilines is 1. The maximum absolute atomic E-state index is 6.16. The lowest BCUT2D eigenvalue weighted by atomic mass is 10.0. The Morgan fingerprint density at radius 3 is 3.12 bits per heavy atom. The lowest BCUT2D eigenvalue weighted by Gasteiger charge is -2.33. The summed E-state index contributed by atoms with van der Waals surface area (Å²) in [5.41, 5.74) is 12.8. The fraction of sp³-hybridized carbons (Fsp3) is 0.545. The van der Waals surface area contributed by atoms with E-state index in [2.05, 4.69) is 16.9 Å². The fourth-order valence-electron chi connectivity index (χ4n) is 1.94. The van der Waals surface area contributed by atoms with Gasteiger partial charge in [-0.3, -0.25) is 0 Å². The highest BCUT2D eigenvalue weighted by Gasteiger charge is 2.26. The second kappa shape index (κ2) is 4.78. The van der Waals surface area contributed by atoms with Gasteiger partial charge in [0.25, 0.3) is 0 Å². The van der Waals surface area contributed by atoms with E-state index in [1.165, 1.54) is 0 Å². The molecule has 2 heterocycles. The normalized spacial score (nSPS) is 24.2. The number of morpholine rings is 1. The van der Waals surface area contributed by atoms with Crippen LogP contribution in [0.2, 0.25) is 0 Å². The molecule has 2 rings (SSSR count). The Hall–Kier alpha value is -1.17. The zero-order chi connectivity index (χ0) is 11.5. The largest absolute Gasteiger partial charge is 0.383 e. The highest BCUT2D eigenvalue weighted by molar-refractivity contribution is 5.41. The summed E-state index contributed by atoms with van der Waals surface area (Å²) in [7, 11) is 2.06. The number of hydrogen-bond donors (Lipinski definition) is 2. The molecule has 0 aliphatic carbocycles. The first-order valence-corrected chi connectivity index (χ1v) is 5.44. The van der Waals surface area contributed by atoms with Crippen molar-refractivity contribution in [2.45, 2.75) is 12.1 Å². The van der Waals surface area contributed by atoms with E-state index in [4.69, 9.17) is 16.2 Å². The minimum atomic E-state index is -0.212. The molecule has 4 N–H and O–H groups in total. The van der Waals surface area contributed by atoms with Crippen LogP contribution in [0.15, 0.2) is 18.3 Å². The molecular weight excluding hydrogens is 204 g/mol. The van der Waals surface area contributed by atoms with Gasteiger partial charge in [0.1, 0.15) is 5.82 Å². The molecular formula is C11H18N4O. The lowest BCUT2D eigenvalue weighted by Crippen LogP contribution is -2.45. The van der Waals surface area contributed by atoms with Crippen molar-refractivity contribution in [3.8, 4) is 0 Å². The van der Waals surface area contributed by atoms with Crippen molar-refractivity contribution in [3.05, 3.63) is 23.9 Å². The minimum Gasteiger partial charge on any atom is -0.383 e. The number of aromatic nitrogens is 1. The predicted molar refractivity (Wildman–Crippen MR) is 62.8 cm³/mol. The number of likely N-dealkylation sites (N-methyl/N-ethyl adjacent to an activating group) is 1. The topological polar surface area (TPSA) is 77.4 Å². The first kappa shape index (κ1) is 11.3. The summed E-state index contributed by atoms with van der Waals surface area (Å²) in [6, 6.07) is 3.54. The molecule has 0 amide bonds. The molecule has 2 atom stereocenters. The van der Waals surface area contributed by atoms with Gasteiger partial charge in [0, 0.05) is 24.8 Å². The van der Waals surface area contributed by atoms with Gasteiger partial charge in [0.2, 0.25) is 0 Å². The smallest absolute Gasteiger partial charge is 0.128 e. The summed E-state index contributed by atoms with van der Waals surface area (Å²) in [4.78, 5) is 6.25. The molecule has 5 heteroatoms. The highest BCUT2D eigenvalue weighted by atomic mass is 16.5. The first-order valence-electron chi connectivity index (χ1n) is 5.44. The Morgan fingerprint density at radius 2 is 2.44 bits per heavy atom. The van der Waals surface area contributed by atoms with E-state index in [1.54, 1.807) is 6.20 Å². The van der Waals surface area contributed by atoms with Crippen LogP contribution in [0.5, 0.6) is 0 Å². The number of hydrogen-bond acceptors (Lipinski definition) is 5. The van der Waals surface area contributed by atoms with Gasteiger partial charge < -0.3 is 21.1 Å². The fourth-order valence-corrected chi connectivity index (χ4v) is 1.94. The first-order chi connectivity index (χ1) is 7.68. The van der Waals surface area contributed by atoms with E-state index < -0.39 is 0 Å². The van der Waals surface area contributed by atoms with Crippen molar-refractivity contribution in [1.29, 1.82) is 0 Å². The minimum absolute atomic E-state index is 0.00903. The molecule has 1 aliphatic rings. The molecule has 16 heavy (non-hydrogen) atoms. The Balaban J connectivity index is 2.12. The molecule has 1 fully saturated rings. The summed E-state index contributed by atoms with van der Waals surface area (Å²) < 4.78 is 5.67. The average molecular weight is 222 g/mol. The standard InChI is InChI=1S/C11H18N4O/c1-15-5-6-16-9(7-15)10(12)8-3-2-4-14-11(8)13/h2-4,9-10H,5-7,12H2,1H3,(H2,13,14). The van der Waals surface area contributed by atoms with E-state index in [0.29, 0.717) is 5.82 Å². The number of ether oxygens (including phenoxy) is 1. The van der Waals surface area contributed by atoms with Crippen LogP contribution < -0.4 is 11.5 Å². The van der Waals surface area contributed by atoms with Crippen LogP contribution in [0, 0.1) is 0 Å². The quantitative estimate of drug-likeness (QED) is 0.736.